The van der Waals surface area contributed by atoms with Gasteiger partial charge in [0.1, 0.15) is 0 Å². The van der Waals surface area contributed by atoms with Gasteiger partial charge in [-0.3, -0.25) is 4.99 Å². The molecule has 0 saturated carbocycles. The van der Waals surface area contributed by atoms with E-state index in [1.54, 1.807) is 24.3 Å². The first-order chi connectivity index (χ1) is 7.16. The van der Waals surface area contributed by atoms with E-state index in [0.29, 0.717) is 10.7 Å². The topological polar surface area (TPSA) is 49.7 Å². The molecule has 1 aliphatic heterocycles. The zero-order valence-corrected chi connectivity index (χ0v) is 8.48. The quantitative estimate of drug-likeness (QED) is 0.832. The minimum absolute atomic E-state index is 0.649. The molecule has 0 saturated heterocycles. The van der Waals surface area contributed by atoms with Gasteiger partial charge in [-0.05, 0) is 29.8 Å². The maximum absolute atomic E-state index is 10.7. The third-order valence-corrected chi connectivity index (χ3v) is 2.36. The molecule has 0 aliphatic carbocycles. The number of nitrogens with zero attached hydrogens (tertiary/aromatic N) is 1. The van der Waals surface area contributed by atoms with Crippen LogP contribution in [0.4, 0.5) is 0 Å². The van der Waals surface area contributed by atoms with Gasteiger partial charge in [0.25, 0.3) is 0 Å². The van der Waals surface area contributed by atoms with Crippen molar-refractivity contribution in [3.05, 3.63) is 47.0 Å². The third kappa shape index (κ3) is 2.07. The summed E-state index contributed by atoms with van der Waals surface area (Å²) in [4.78, 5) is 14.7. The molecule has 76 valence electrons. The summed E-state index contributed by atoms with van der Waals surface area (Å²) < 4.78 is 0. The lowest BCUT2D eigenvalue weighted by atomic mass is 10.1. The summed E-state index contributed by atoms with van der Waals surface area (Å²) in [5.41, 5.74) is 1.55. The molecule has 0 spiro atoms. The van der Waals surface area contributed by atoms with Crippen molar-refractivity contribution in [3.8, 4) is 0 Å². The Morgan fingerprint density at radius 2 is 2.00 bits per heavy atom. The fraction of sp³-hybridized carbons (Fsp3) is 0.0909. The standard InChI is InChI=1S/C11H8ClNO2/c12-8-3-1-7(2-4-8)9-5-6-10(13-9)11(14)15/h1-6,10H,(H,14,15). The predicted octanol–water partition coefficient (Wildman–Crippen LogP) is 2.15. The first-order valence-electron chi connectivity index (χ1n) is 4.41. The molecule has 0 bridgehead atoms. The number of carbonyl (C=O) groups is 1. The monoisotopic (exact) mass is 221 g/mol. The molecule has 2 rings (SSSR count). The zero-order chi connectivity index (χ0) is 10.8. The summed E-state index contributed by atoms with van der Waals surface area (Å²) in [6.07, 6.45) is 3.27. The summed E-state index contributed by atoms with van der Waals surface area (Å²) in [5.74, 6) is -0.935. The number of aliphatic carboxylic acids is 1. The summed E-state index contributed by atoms with van der Waals surface area (Å²) in [6, 6.07) is 6.38. The highest BCUT2D eigenvalue weighted by Crippen LogP contribution is 2.15. The van der Waals surface area contributed by atoms with Crippen LogP contribution in [0.15, 0.2) is 41.4 Å². The third-order valence-electron chi connectivity index (χ3n) is 2.11. The number of halogens is 1. The molecule has 3 nitrogen and oxygen atoms in total. The molecule has 15 heavy (non-hydrogen) atoms. The van der Waals surface area contributed by atoms with E-state index in [1.807, 2.05) is 12.1 Å². The molecule has 1 N–H and O–H groups in total. The van der Waals surface area contributed by atoms with E-state index >= 15 is 0 Å². The van der Waals surface area contributed by atoms with Crippen LogP contribution in [-0.2, 0) is 4.79 Å². The van der Waals surface area contributed by atoms with Gasteiger partial charge in [-0.15, -0.1) is 0 Å². The first-order valence-corrected chi connectivity index (χ1v) is 4.79. The maximum Gasteiger partial charge on any atom is 0.332 e. The predicted molar refractivity (Wildman–Crippen MR) is 58.6 cm³/mol. The fourth-order valence-corrected chi connectivity index (χ4v) is 1.47. The second kappa shape index (κ2) is 3.87. The molecule has 4 heteroatoms. The van der Waals surface area contributed by atoms with Crippen molar-refractivity contribution in [2.45, 2.75) is 6.04 Å². The Morgan fingerprint density at radius 3 is 2.53 bits per heavy atom. The molecule has 1 heterocycles. The molecule has 1 atom stereocenters. The molecule has 0 radical (unpaired) electrons. The maximum atomic E-state index is 10.7. The number of carboxylic acid groups (broad SMARTS) is 1. The average molecular weight is 222 g/mol. The van der Waals surface area contributed by atoms with Crippen LogP contribution >= 0.6 is 11.6 Å². The van der Waals surface area contributed by atoms with Crippen molar-refractivity contribution in [3.63, 3.8) is 0 Å². The number of carboxylic acids is 1. The van der Waals surface area contributed by atoms with E-state index in [-0.39, 0.29) is 0 Å². The number of hydrogen-bond acceptors (Lipinski definition) is 2. The Hall–Kier alpha value is -1.61. The van der Waals surface area contributed by atoms with Crippen molar-refractivity contribution in [1.82, 2.24) is 0 Å². The van der Waals surface area contributed by atoms with E-state index in [9.17, 15) is 4.79 Å². The van der Waals surface area contributed by atoms with Crippen molar-refractivity contribution in [2.24, 2.45) is 4.99 Å². The largest absolute Gasteiger partial charge is 0.479 e. The second-order valence-corrected chi connectivity index (χ2v) is 3.60. The lowest BCUT2D eigenvalue weighted by molar-refractivity contribution is -0.137. The molecule has 0 fully saturated rings. The highest BCUT2D eigenvalue weighted by Gasteiger charge is 2.18. The summed E-state index contributed by atoms with van der Waals surface area (Å²) in [5, 5.41) is 9.39. The van der Waals surface area contributed by atoms with Gasteiger partial charge in [-0.1, -0.05) is 23.7 Å². The Bertz CT molecular complexity index is 448. The molecule has 1 aromatic carbocycles. The smallest absolute Gasteiger partial charge is 0.332 e. The highest BCUT2D eigenvalue weighted by molar-refractivity contribution is 6.30. The lowest BCUT2D eigenvalue weighted by Gasteiger charge is -1.99. The first kappa shape index (κ1) is 9.93. The van der Waals surface area contributed by atoms with E-state index < -0.39 is 12.0 Å². The molecule has 1 aromatic rings. The van der Waals surface area contributed by atoms with Crippen LogP contribution in [-0.4, -0.2) is 22.8 Å². The lowest BCUT2D eigenvalue weighted by Crippen LogP contribution is -2.12. The van der Waals surface area contributed by atoms with Crippen molar-refractivity contribution >= 4 is 23.3 Å². The molecule has 0 aromatic heterocycles. The summed E-state index contributed by atoms with van der Waals surface area (Å²) in [7, 11) is 0. The van der Waals surface area contributed by atoms with E-state index in [0.717, 1.165) is 5.56 Å². The van der Waals surface area contributed by atoms with Gasteiger partial charge >= 0.3 is 5.97 Å². The van der Waals surface area contributed by atoms with Crippen LogP contribution in [0, 0.1) is 0 Å². The van der Waals surface area contributed by atoms with E-state index in [2.05, 4.69) is 4.99 Å². The number of benzene rings is 1. The van der Waals surface area contributed by atoms with E-state index in [1.165, 1.54) is 0 Å². The van der Waals surface area contributed by atoms with Gasteiger partial charge in [-0.25, -0.2) is 4.79 Å². The van der Waals surface area contributed by atoms with Gasteiger partial charge in [0.05, 0.1) is 5.71 Å². The molecule has 1 unspecified atom stereocenters. The van der Waals surface area contributed by atoms with Crippen LogP contribution in [0.25, 0.3) is 0 Å². The van der Waals surface area contributed by atoms with Gasteiger partial charge in [-0.2, -0.15) is 0 Å². The Morgan fingerprint density at radius 1 is 1.33 bits per heavy atom. The van der Waals surface area contributed by atoms with E-state index in [4.69, 9.17) is 16.7 Å². The van der Waals surface area contributed by atoms with Crippen LogP contribution < -0.4 is 0 Å². The van der Waals surface area contributed by atoms with Crippen molar-refractivity contribution in [2.75, 3.05) is 0 Å². The second-order valence-electron chi connectivity index (χ2n) is 3.16. The van der Waals surface area contributed by atoms with Crippen LogP contribution in [0.1, 0.15) is 5.56 Å². The molecule has 1 aliphatic rings. The van der Waals surface area contributed by atoms with Crippen LogP contribution in [0.5, 0.6) is 0 Å². The number of rotatable bonds is 2. The number of allylic oxidation sites excluding steroid dienone is 1. The Balaban J connectivity index is 2.27. The molecular weight excluding hydrogens is 214 g/mol. The highest BCUT2D eigenvalue weighted by atomic mass is 35.5. The Kier molecular flexibility index (Phi) is 2.56. The number of aliphatic imine (C=N–C) groups is 1. The zero-order valence-electron chi connectivity index (χ0n) is 7.72. The van der Waals surface area contributed by atoms with Gasteiger partial charge in [0.2, 0.25) is 0 Å². The van der Waals surface area contributed by atoms with Gasteiger partial charge in [0, 0.05) is 5.02 Å². The van der Waals surface area contributed by atoms with Gasteiger partial charge < -0.3 is 5.11 Å². The fourth-order valence-electron chi connectivity index (χ4n) is 1.35. The summed E-state index contributed by atoms with van der Waals surface area (Å²) in [6.45, 7) is 0. The van der Waals surface area contributed by atoms with Crippen LogP contribution in [0.3, 0.4) is 0 Å². The number of hydrogen-bond donors (Lipinski definition) is 1. The minimum atomic E-state index is -0.935. The van der Waals surface area contributed by atoms with Crippen molar-refractivity contribution in [1.29, 1.82) is 0 Å². The molecule has 0 amide bonds. The normalized spacial score (nSPS) is 19.0. The molecular formula is C11H8ClNO2. The summed E-state index contributed by atoms with van der Waals surface area (Å²) >= 11 is 5.75. The average Bonchev–Trinajstić information content (AvgIpc) is 2.68. The van der Waals surface area contributed by atoms with Gasteiger partial charge in [0.15, 0.2) is 6.04 Å². The van der Waals surface area contributed by atoms with Crippen molar-refractivity contribution < 1.29 is 9.90 Å². The minimum Gasteiger partial charge on any atom is -0.479 e. The Labute approximate surface area is 91.7 Å². The SMILES string of the molecule is O=C(O)C1C=CC(c2ccc(Cl)cc2)=N1. The van der Waals surface area contributed by atoms with Crippen LogP contribution in [0.2, 0.25) is 5.02 Å².